The number of hydrogen-bond acceptors (Lipinski definition) is 6. The van der Waals surface area contributed by atoms with Gasteiger partial charge in [0, 0.05) is 18.2 Å². The van der Waals surface area contributed by atoms with E-state index in [4.69, 9.17) is 15.2 Å². The highest BCUT2D eigenvalue weighted by atomic mass is 19.1. The Morgan fingerprint density at radius 1 is 1.03 bits per heavy atom. The lowest BCUT2D eigenvalue weighted by molar-refractivity contribution is -0.182. The molecule has 10 heteroatoms. The lowest BCUT2D eigenvalue weighted by atomic mass is 9.97. The second kappa shape index (κ2) is 9.94. The van der Waals surface area contributed by atoms with E-state index >= 15 is 0 Å². The van der Waals surface area contributed by atoms with Gasteiger partial charge in [0.15, 0.2) is 5.82 Å². The van der Waals surface area contributed by atoms with E-state index in [0.29, 0.717) is 5.69 Å². The quantitative estimate of drug-likeness (QED) is 0.384. The van der Waals surface area contributed by atoms with Crippen LogP contribution in [-0.2, 0) is 20.7 Å². The van der Waals surface area contributed by atoms with Crippen LogP contribution in [0.1, 0.15) is 15.9 Å². The fourth-order valence-electron chi connectivity index (χ4n) is 4.09. The SMILES string of the molecule is NC(=O)C1(C(Cc2ccccc2)NC(=O)c2cc(F)cnc2-n2ccc(-c3ccccc3)n2)OC=CO1. The van der Waals surface area contributed by atoms with E-state index in [1.54, 1.807) is 12.3 Å². The number of halogens is 1. The minimum atomic E-state index is -1.99. The van der Waals surface area contributed by atoms with Gasteiger partial charge in [0.2, 0.25) is 0 Å². The first-order chi connectivity index (χ1) is 18.0. The van der Waals surface area contributed by atoms with Crippen LogP contribution in [0.15, 0.2) is 97.7 Å². The summed E-state index contributed by atoms with van der Waals surface area (Å²) >= 11 is 0. The topological polar surface area (TPSA) is 121 Å². The van der Waals surface area contributed by atoms with Crippen molar-refractivity contribution in [2.75, 3.05) is 0 Å². The zero-order valence-electron chi connectivity index (χ0n) is 19.5. The highest BCUT2D eigenvalue weighted by Crippen LogP contribution is 2.28. The molecule has 9 nitrogen and oxygen atoms in total. The standard InChI is InChI=1S/C27H22FN5O4/c28-20-16-21(24(30-17-20)33-12-11-22(32-33)19-9-5-2-6-10-19)25(34)31-23(15-18-7-3-1-4-8-18)27(26(29)35)36-13-14-37-27/h1-14,16-17,23H,15H2,(H2,29,35)(H,31,34). The number of hydrogen-bond donors (Lipinski definition) is 2. The molecule has 0 aliphatic carbocycles. The molecule has 0 spiro atoms. The molecule has 2 amide bonds. The molecule has 1 atom stereocenters. The number of carbonyl (C=O) groups excluding carboxylic acids is 2. The predicted molar refractivity (Wildman–Crippen MR) is 131 cm³/mol. The fraction of sp³-hybridized carbons (Fsp3) is 0.111. The molecule has 0 bridgehead atoms. The largest absolute Gasteiger partial charge is 0.447 e. The van der Waals surface area contributed by atoms with E-state index in [-0.39, 0.29) is 17.8 Å². The number of primary amides is 1. The second-order valence-corrected chi connectivity index (χ2v) is 8.29. The highest BCUT2D eigenvalue weighted by molar-refractivity contribution is 5.98. The minimum absolute atomic E-state index is 0.0963. The summed E-state index contributed by atoms with van der Waals surface area (Å²) in [4.78, 5) is 30.1. The third-order valence-corrected chi connectivity index (χ3v) is 5.89. The molecule has 2 aromatic carbocycles. The van der Waals surface area contributed by atoms with Crippen LogP contribution in [0, 0.1) is 5.82 Å². The van der Waals surface area contributed by atoms with Gasteiger partial charge in [-0.05, 0) is 17.7 Å². The van der Waals surface area contributed by atoms with Crippen LogP contribution in [0.4, 0.5) is 4.39 Å². The average molecular weight is 500 g/mol. The van der Waals surface area contributed by atoms with Crippen LogP contribution in [-0.4, -0.2) is 38.4 Å². The lowest BCUT2D eigenvalue weighted by Gasteiger charge is -2.33. The van der Waals surface area contributed by atoms with Gasteiger partial charge in [-0.2, -0.15) is 5.10 Å². The van der Waals surface area contributed by atoms with E-state index in [2.05, 4.69) is 15.4 Å². The molecule has 1 aliphatic heterocycles. The molecule has 1 aliphatic rings. The summed E-state index contributed by atoms with van der Waals surface area (Å²) in [6.45, 7) is 0. The Bertz CT molecular complexity index is 1450. The summed E-state index contributed by atoms with van der Waals surface area (Å²) in [5.74, 6) is -4.27. The molecule has 0 saturated heterocycles. The molecule has 3 heterocycles. The average Bonchev–Trinajstić information content (AvgIpc) is 3.61. The normalized spacial score (nSPS) is 14.4. The first-order valence-corrected chi connectivity index (χ1v) is 11.4. The summed E-state index contributed by atoms with van der Waals surface area (Å²) < 4.78 is 26.6. The van der Waals surface area contributed by atoms with Crippen LogP contribution >= 0.6 is 0 Å². The molecule has 3 N–H and O–H groups in total. The maximum absolute atomic E-state index is 14.3. The molecule has 0 radical (unpaired) electrons. The molecule has 5 rings (SSSR count). The molecule has 186 valence electrons. The van der Waals surface area contributed by atoms with Crippen molar-refractivity contribution in [3.05, 3.63) is 115 Å². The van der Waals surface area contributed by atoms with Crippen molar-refractivity contribution in [1.29, 1.82) is 0 Å². The summed E-state index contributed by atoms with van der Waals surface area (Å²) in [6, 6.07) is 20.3. The van der Waals surface area contributed by atoms with Crippen LogP contribution in [0.5, 0.6) is 0 Å². The molecular weight excluding hydrogens is 477 g/mol. The van der Waals surface area contributed by atoms with Gasteiger partial charge >= 0.3 is 11.7 Å². The van der Waals surface area contributed by atoms with Gasteiger partial charge in [-0.1, -0.05) is 60.7 Å². The summed E-state index contributed by atoms with van der Waals surface area (Å²) in [6.07, 6.45) is 5.11. The molecule has 0 saturated carbocycles. The number of rotatable bonds is 8. The number of ether oxygens (including phenoxy) is 2. The van der Waals surface area contributed by atoms with Crippen LogP contribution in [0.3, 0.4) is 0 Å². The second-order valence-electron chi connectivity index (χ2n) is 8.29. The van der Waals surface area contributed by atoms with Gasteiger partial charge in [0.05, 0.1) is 17.5 Å². The van der Waals surface area contributed by atoms with Gasteiger partial charge < -0.3 is 20.5 Å². The maximum atomic E-state index is 14.3. The number of carbonyl (C=O) groups is 2. The van der Waals surface area contributed by atoms with Gasteiger partial charge in [-0.15, -0.1) is 0 Å². The van der Waals surface area contributed by atoms with Gasteiger partial charge in [0.25, 0.3) is 5.91 Å². The summed E-state index contributed by atoms with van der Waals surface area (Å²) in [7, 11) is 0. The van der Waals surface area contributed by atoms with Gasteiger partial charge in [-0.3, -0.25) is 9.59 Å². The molecule has 37 heavy (non-hydrogen) atoms. The number of nitrogens with two attached hydrogens (primary N) is 1. The van der Waals surface area contributed by atoms with Crippen molar-refractivity contribution in [2.24, 2.45) is 5.73 Å². The van der Waals surface area contributed by atoms with E-state index in [1.165, 1.54) is 17.2 Å². The number of nitrogens with one attached hydrogen (secondary N) is 1. The lowest BCUT2D eigenvalue weighted by Crippen LogP contribution is -2.61. The van der Waals surface area contributed by atoms with Crippen LogP contribution in [0.2, 0.25) is 0 Å². The molecule has 0 fully saturated rings. The first kappa shape index (κ1) is 23.7. The van der Waals surface area contributed by atoms with Crippen molar-refractivity contribution >= 4 is 11.8 Å². The van der Waals surface area contributed by atoms with Gasteiger partial charge in [0.1, 0.15) is 24.4 Å². The Morgan fingerprint density at radius 3 is 2.38 bits per heavy atom. The molecule has 2 aromatic heterocycles. The zero-order chi connectivity index (χ0) is 25.8. The van der Waals surface area contributed by atoms with E-state index in [9.17, 15) is 14.0 Å². The Labute approximate surface area is 211 Å². The summed E-state index contributed by atoms with van der Waals surface area (Å²) in [5.41, 5.74) is 7.82. The zero-order valence-corrected chi connectivity index (χ0v) is 19.5. The van der Waals surface area contributed by atoms with E-state index < -0.39 is 29.5 Å². The molecule has 1 unspecified atom stereocenters. The smallest absolute Gasteiger partial charge is 0.352 e. The van der Waals surface area contributed by atoms with Crippen molar-refractivity contribution < 1.29 is 23.5 Å². The number of aromatic nitrogens is 3. The third-order valence-electron chi connectivity index (χ3n) is 5.89. The maximum Gasteiger partial charge on any atom is 0.352 e. The van der Waals surface area contributed by atoms with Crippen molar-refractivity contribution in [2.45, 2.75) is 18.2 Å². The Balaban J connectivity index is 1.49. The van der Waals surface area contributed by atoms with Crippen LogP contribution < -0.4 is 11.1 Å². The number of nitrogens with zero attached hydrogens (tertiary/aromatic N) is 3. The number of amides is 2. The molecular formula is C27H22FN5O4. The van der Waals surface area contributed by atoms with E-state index in [0.717, 1.165) is 23.4 Å². The first-order valence-electron chi connectivity index (χ1n) is 11.4. The highest BCUT2D eigenvalue weighted by Gasteiger charge is 2.51. The van der Waals surface area contributed by atoms with Crippen molar-refractivity contribution in [3.63, 3.8) is 0 Å². The van der Waals surface area contributed by atoms with E-state index in [1.807, 2.05) is 60.7 Å². The Kier molecular flexibility index (Phi) is 6.38. The third kappa shape index (κ3) is 4.76. The molecule has 4 aromatic rings. The van der Waals surface area contributed by atoms with Crippen LogP contribution in [0.25, 0.3) is 17.1 Å². The number of pyridine rings is 1. The minimum Gasteiger partial charge on any atom is -0.447 e. The monoisotopic (exact) mass is 499 g/mol. The fourth-order valence-corrected chi connectivity index (χ4v) is 4.09. The number of benzene rings is 2. The van der Waals surface area contributed by atoms with Crippen molar-refractivity contribution in [1.82, 2.24) is 20.1 Å². The predicted octanol–water partition coefficient (Wildman–Crippen LogP) is 3.11. The van der Waals surface area contributed by atoms with Crippen molar-refractivity contribution in [3.8, 4) is 17.1 Å². The Morgan fingerprint density at radius 2 is 1.70 bits per heavy atom. The summed E-state index contributed by atoms with van der Waals surface area (Å²) in [5, 5.41) is 7.25. The Hall–Kier alpha value is -4.99. The van der Waals surface area contributed by atoms with Gasteiger partial charge in [-0.25, -0.2) is 14.1 Å².